The Morgan fingerprint density at radius 1 is 1.16 bits per heavy atom. The van der Waals surface area contributed by atoms with Crippen molar-refractivity contribution in [3.8, 4) is 0 Å². The topological polar surface area (TPSA) is 170 Å². The summed E-state index contributed by atoms with van der Waals surface area (Å²) in [7, 11) is 0. The third-order valence-electron chi connectivity index (χ3n) is 6.15. The van der Waals surface area contributed by atoms with Gasteiger partial charge in [0.1, 0.15) is 12.3 Å². The van der Waals surface area contributed by atoms with Gasteiger partial charge in [0, 0.05) is 13.1 Å². The zero-order valence-corrected chi connectivity index (χ0v) is 22.1. The number of likely N-dealkylation sites (tertiary alicyclic amines) is 1. The van der Waals surface area contributed by atoms with Crippen molar-refractivity contribution in [2.24, 2.45) is 22.2 Å². The summed E-state index contributed by atoms with van der Waals surface area (Å²) in [5.41, 5.74) is 20.6. The Hall–Kier alpha value is -3.83. The summed E-state index contributed by atoms with van der Waals surface area (Å²) in [5, 5.41) is 2.72. The number of aliphatic imine (C=N–C) groups is 1. The number of thiazole rings is 1. The van der Waals surface area contributed by atoms with Crippen LogP contribution in [0.15, 0.2) is 65.1 Å². The molecule has 0 aliphatic carbocycles. The van der Waals surface area contributed by atoms with Gasteiger partial charge in [-0.25, -0.2) is 4.98 Å². The molecule has 0 saturated carbocycles. The van der Waals surface area contributed by atoms with Gasteiger partial charge in [-0.15, -0.1) is 11.3 Å². The Kier molecular flexibility index (Phi) is 11.2. The molecule has 10 nitrogen and oxygen atoms in total. The Bertz CT molecular complexity index is 1180. The maximum absolute atomic E-state index is 12.8. The van der Waals surface area contributed by atoms with Crippen molar-refractivity contribution < 1.29 is 14.4 Å². The van der Waals surface area contributed by atoms with Crippen LogP contribution in [0.1, 0.15) is 31.2 Å². The average molecular weight is 538 g/mol. The number of fused-ring (bicyclic) bond motifs is 1. The molecule has 2 amide bonds. The lowest BCUT2D eigenvalue weighted by Gasteiger charge is -2.27. The first-order valence-electron chi connectivity index (χ1n) is 12.6. The van der Waals surface area contributed by atoms with Gasteiger partial charge < -0.3 is 32.2 Å². The Morgan fingerprint density at radius 2 is 1.89 bits per heavy atom. The number of guanidine groups is 1. The van der Waals surface area contributed by atoms with Crippen LogP contribution >= 0.6 is 11.3 Å². The van der Waals surface area contributed by atoms with E-state index in [2.05, 4.69) is 21.4 Å². The van der Waals surface area contributed by atoms with Crippen molar-refractivity contribution in [3.05, 3.63) is 65.7 Å². The second-order valence-corrected chi connectivity index (χ2v) is 9.89. The number of aromatic nitrogens is 1. The smallest absolute Gasteiger partial charge is 0.243 e. The molecule has 2 heterocycles. The van der Waals surface area contributed by atoms with Crippen LogP contribution in [0.3, 0.4) is 0 Å². The first-order chi connectivity index (χ1) is 18.4. The highest BCUT2D eigenvalue weighted by Gasteiger charge is 2.36. The number of aldehydes is 1. The molecule has 4 rings (SSSR count). The zero-order chi connectivity index (χ0) is 27.3. The molecule has 0 bridgehead atoms. The van der Waals surface area contributed by atoms with Crippen LogP contribution in [-0.2, 0) is 20.8 Å². The number of para-hydroxylation sites is 1. The van der Waals surface area contributed by atoms with Crippen molar-refractivity contribution in [2.75, 3.05) is 13.1 Å². The molecule has 38 heavy (non-hydrogen) atoms. The predicted molar refractivity (Wildman–Crippen MR) is 150 cm³/mol. The maximum atomic E-state index is 12.8. The van der Waals surface area contributed by atoms with E-state index in [0.29, 0.717) is 45.1 Å². The van der Waals surface area contributed by atoms with Crippen LogP contribution in [0, 0.1) is 0 Å². The zero-order valence-electron chi connectivity index (χ0n) is 21.2. The number of carbonyl (C=O) groups is 3. The molecular formula is C27H35N7O3S. The van der Waals surface area contributed by atoms with Crippen LogP contribution in [-0.4, -0.2) is 65.2 Å². The lowest BCUT2D eigenvalue weighted by atomic mass is 10.0. The lowest BCUT2D eigenvalue weighted by molar-refractivity contribution is -0.139. The Morgan fingerprint density at radius 3 is 2.61 bits per heavy atom. The van der Waals surface area contributed by atoms with Gasteiger partial charge in [0.05, 0.1) is 27.8 Å². The molecule has 7 N–H and O–H groups in total. The van der Waals surface area contributed by atoms with Gasteiger partial charge in [-0.05, 0) is 49.8 Å². The van der Waals surface area contributed by atoms with Crippen LogP contribution in [0.25, 0.3) is 10.2 Å². The summed E-state index contributed by atoms with van der Waals surface area (Å²) in [4.78, 5) is 46.3. The molecule has 0 spiro atoms. The van der Waals surface area contributed by atoms with E-state index in [0.717, 1.165) is 17.5 Å². The van der Waals surface area contributed by atoms with E-state index in [1.807, 2.05) is 54.0 Å². The van der Waals surface area contributed by atoms with Crippen LogP contribution in [0.5, 0.6) is 0 Å². The van der Waals surface area contributed by atoms with Gasteiger partial charge >= 0.3 is 0 Å². The summed E-state index contributed by atoms with van der Waals surface area (Å²) in [6.45, 7) is 0.862. The first-order valence-corrected chi connectivity index (χ1v) is 13.5. The van der Waals surface area contributed by atoms with Crippen molar-refractivity contribution in [1.82, 2.24) is 15.2 Å². The van der Waals surface area contributed by atoms with Gasteiger partial charge in [-0.1, -0.05) is 42.5 Å². The number of hydrogen-bond acceptors (Lipinski definition) is 7. The Labute approximate surface area is 226 Å². The van der Waals surface area contributed by atoms with E-state index in [1.54, 1.807) is 11.3 Å². The minimum Gasteiger partial charge on any atom is -0.370 e. The largest absolute Gasteiger partial charge is 0.370 e. The number of carbonyl (C=O) groups excluding carboxylic acids is 3. The minimum atomic E-state index is -0.716. The fraction of sp³-hybridized carbons (Fsp3) is 0.370. The van der Waals surface area contributed by atoms with Gasteiger partial charge in [0.15, 0.2) is 5.96 Å². The van der Waals surface area contributed by atoms with Gasteiger partial charge in [-0.3, -0.25) is 14.6 Å². The van der Waals surface area contributed by atoms with Crippen molar-refractivity contribution in [3.63, 3.8) is 0 Å². The SMILES string of the molecule is NC(N)=NCCC[C@@H](C=O)NC(=O)[C@@H]1CCCN1C(=O)[C@H](N)Cc1ccccc1.c1ccc2scnc2c1. The molecule has 1 saturated heterocycles. The molecule has 11 heteroatoms. The first kappa shape index (κ1) is 28.7. The number of nitrogens with two attached hydrogens (primary N) is 3. The number of nitrogens with zero attached hydrogens (tertiary/aromatic N) is 3. The third kappa shape index (κ3) is 8.63. The average Bonchev–Trinajstić information content (AvgIpc) is 3.61. The highest BCUT2D eigenvalue weighted by Crippen LogP contribution is 2.19. The van der Waals surface area contributed by atoms with Crippen molar-refractivity contribution in [1.29, 1.82) is 0 Å². The normalized spacial score (nSPS) is 16.1. The highest BCUT2D eigenvalue weighted by atomic mass is 32.1. The Balaban J connectivity index is 0.000000368. The van der Waals surface area contributed by atoms with Crippen LogP contribution in [0.4, 0.5) is 0 Å². The van der Waals surface area contributed by atoms with Gasteiger partial charge in [-0.2, -0.15) is 0 Å². The van der Waals surface area contributed by atoms with Gasteiger partial charge in [0.25, 0.3) is 0 Å². The summed E-state index contributed by atoms with van der Waals surface area (Å²) < 4.78 is 1.26. The van der Waals surface area contributed by atoms with E-state index < -0.39 is 18.1 Å². The standard InChI is InChI=1S/C20H30N6O3.C7H5NS/c21-16(12-14-6-2-1-3-7-14)19(29)26-11-5-9-17(26)18(28)25-15(13-27)8-4-10-24-20(22)23;1-2-4-7-6(3-1)8-5-9-7/h1-3,6-7,13,15-17H,4-5,8-12,21H2,(H,25,28)(H4,22,23,24);1-5H/t15-,16+,17-;/m0./s1. The molecule has 0 radical (unpaired) electrons. The van der Waals surface area contributed by atoms with Crippen molar-refractivity contribution in [2.45, 2.75) is 50.2 Å². The van der Waals surface area contributed by atoms with E-state index in [4.69, 9.17) is 17.2 Å². The lowest BCUT2D eigenvalue weighted by Crippen LogP contribution is -2.53. The highest BCUT2D eigenvalue weighted by molar-refractivity contribution is 7.16. The third-order valence-corrected chi connectivity index (χ3v) is 6.96. The number of amides is 2. The van der Waals surface area contributed by atoms with E-state index in [9.17, 15) is 14.4 Å². The molecule has 1 aromatic heterocycles. The van der Waals surface area contributed by atoms with Crippen LogP contribution < -0.4 is 22.5 Å². The van der Waals surface area contributed by atoms with E-state index in [-0.39, 0.29) is 17.8 Å². The summed E-state index contributed by atoms with van der Waals surface area (Å²) >= 11 is 1.68. The fourth-order valence-corrected chi connectivity index (χ4v) is 4.93. The number of rotatable bonds is 10. The molecule has 0 unspecified atom stereocenters. The second-order valence-electron chi connectivity index (χ2n) is 9.01. The minimum absolute atomic E-state index is 0.0105. The summed E-state index contributed by atoms with van der Waals surface area (Å²) in [6.07, 6.45) is 3.34. The molecule has 3 aromatic rings. The van der Waals surface area contributed by atoms with Crippen molar-refractivity contribution >= 4 is 45.6 Å². The van der Waals surface area contributed by atoms with Crippen LogP contribution in [0.2, 0.25) is 0 Å². The molecule has 1 aliphatic rings. The van der Waals surface area contributed by atoms with E-state index in [1.165, 1.54) is 9.60 Å². The summed E-state index contributed by atoms with van der Waals surface area (Å²) in [6, 6.07) is 15.7. The predicted octanol–water partition coefficient (Wildman–Crippen LogP) is 1.58. The number of nitrogens with one attached hydrogen (secondary N) is 1. The molecular weight excluding hydrogens is 502 g/mol. The monoisotopic (exact) mass is 537 g/mol. The molecule has 2 aromatic carbocycles. The van der Waals surface area contributed by atoms with E-state index >= 15 is 0 Å². The molecule has 1 fully saturated rings. The number of hydrogen-bond donors (Lipinski definition) is 4. The molecule has 3 atom stereocenters. The molecule has 202 valence electrons. The maximum Gasteiger partial charge on any atom is 0.243 e. The second kappa shape index (κ2) is 14.8. The van der Waals surface area contributed by atoms with Gasteiger partial charge in [0.2, 0.25) is 11.8 Å². The quantitative estimate of drug-likeness (QED) is 0.132. The fourth-order valence-electron chi connectivity index (χ4n) is 4.25. The summed E-state index contributed by atoms with van der Waals surface area (Å²) in [5.74, 6) is -0.591. The molecule has 1 aliphatic heterocycles. The number of benzene rings is 2.